The molecule has 0 bridgehead atoms. The van der Waals surface area contributed by atoms with Crippen molar-refractivity contribution in [2.24, 2.45) is 0 Å². The van der Waals surface area contributed by atoms with Crippen LogP contribution < -0.4 is 5.32 Å². The van der Waals surface area contributed by atoms with Gasteiger partial charge < -0.3 is 10.1 Å². The lowest BCUT2D eigenvalue weighted by atomic mass is 10.1. The molecule has 0 aromatic carbocycles. The highest BCUT2D eigenvalue weighted by atomic mass is 19.4. The van der Waals surface area contributed by atoms with Crippen LogP contribution in [0.3, 0.4) is 0 Å². The van der Waals surface area contributed by atoms with Gasteiger partial charge in [-0.05, 0) is 32.4 Å². The summed E-state index contributed by atoms with van der Waals surface area (Å²) in [5.41, 5.74) is 0.983. The fourth-order valence-electron chi connectivity index (χ4n) is 1.97. The molecule has 0 fully saturated rings. The number of aryl methyl sites for hydroxylation is 1. The second-order valence-electron chi connectivity index (χ2n) is 4.53. The molecule has 1 atom stereocenters. The average Bonchev–Trinajstić information content (AvgIpc) is 2.85. The molecule has 0 spiro atoms. The van der Waals surface area contributed by atoms with Crippen molar-refractivity contribution in [3.63, 3.8) is 0 Å². The summed E-state index contributed by atoms with van der Waals surface area (Å²) >= 11 is 0. The van der Waals surface area contributed by atoms with Crippen molar-refractivity contribution in [1.82, 2.24) is 15.1 Å². The summed E-state index contributed by atoms with van der Waals surface area (Å²) in [5.74, 6) is 0. The predicted octanol–water partition coefficient (Wildman–Crippen LogP) is 2.91. The maximum Gasteiger partial charge on any atom is 0.411 e. The fraction of sp³-hybridized carbons (Fsp3) is 0.769. The lowest BCUT2D eigenvalue weighted by Gasteiger charge is -2.20. The van der Waals surface area contributed by atoms with E-state index in [1.54, 1.807) is 6.20 Å². The summed E-state index contributed by atoms with van der Waals surface area (Å²) in [6.07, 6.45) is -1.12. The normalized spacial score (nSPS) is 13.7. The summed E-state index contributed by atoms with van der Waals surface area (Å²) in [7, 11) is 0. The molecule has 0 aliphatic carbocycles. The lowest BCUT2D eigenvalue weighted by Crippen LogP contribution is -2.27. The minimum absolute atomic E-state index is 0.0365. The zero-order valence-electron chi connectivity index (χ0n) is 11.9. The van der Waals surface area contributed by atoms with Gasteiger partial charge in [0.1, 0.15) is 6.61 Å². The number of ether oxygens (including phenoxy) is 1. The van der Waals surface area contributed by atoms with Crippen molar-refractivity contribution < 1.29 is 17.9 Å². The first-order valence-corrected chi connectivity index (χ1v) is 6.87. The second kappa shape index (κ2) is 8.26. The first-order valence-electron chi connectivity index (χ1n) is 6.87. The van der Waals surface area contributed by atoms with E-state index in [9.17, 15) is 13.2 Å². The Bertz CT molecular complexity index is 379. The van der Waals surface area contributed by atoms with E-state index in [1.807, 2.05) is 24.6 Å². The molecule has 0 saturated carbocycles. The molecule has 1 N–H and O–H groups in total. The second-order valence-corrected chi connectivity index (χ2v) is 4.53. The number of halogens is 3. The Balaban J connectivity index is 2.52. The number of aromatic nitrogens is 2. The molecule has 1 unspecified atom stereocenters. The molecule has 1 aromatic heterocycles. The number of nitrogens with one attached hydrogen (secondary N) is 1. The van der Waals surface area contributed by atoms with E-state index < -0.39 is 12.8 Å². The van der Waals surface area contributed by atoms with Crippen molar-refractivity contribution in [3.8, 4) is 0 Å². The average molecular weight is 293 g/mol. The van der Waals surface area contributed by atoms with Crippen molar-refractivity contribution in [1.29, 1.82) is 0 Å². The number of rotatable bonds is 9. The first-order chi connectivity index (χ1) is 9.48. The molecule has 0 radical (unpaired) electrons. The van der Waals surface area contributed by atoms with Crippen molar-refractivity contribution in [3.05, 3.63) is 18.0 Å². The van der Waals surface area contributed by atoms with E-state index in [4.69, 9.17) is 0 Å². The van der Waals surface area contributed by atoms with Crippen molar-refractivity contribution in [2.75, 3.05) is 19.8 Å². The highest BCUT2D eigenvalue weighted by Gasteiger charge is 2.27. The van der Waals surface area contributed by atoms with Gasteiger partial charge in [0.2, 0.25) is 0 Å². The first kappa shape index (κ1) is 17.0. The zero-order chi connectivity index (χ0) is 15.0. The van der Waals surface area contributed by atoms with Crippen LogP contribution in [-0.2, 0) is 11.3 Å². The Labute approximate surface area is 117 Å². The van der Waals surface area contributed by atoms with Gasteiger partial charge in [-0.15, -0.1) is 0 Å². The Morgan fingerprint density at radius 1 is 1.40 bits per heavy atom. The van der Waals surface area contributed by atoms with Gasteiger partial charge in [-0.25, -0.2) is 0 Å². The molecule has 1 rings (SSSR count). The van der Waals surface area contributed by atoms with Crippen LogP contribution >= 0.6 is 0 Å². The molecule has 0 saturated heterocycles. The maximum absolute atomic E-state index is 12.0. The molecule has 0 aliphatic heterocycles. The third kappa shape index (κ3) is 5.92. The van der Waals surface area contributed by atoms with E-state index in [1.165, 1.54) is 0 Å². The lowest BCUT2D eigenvalue weighted by molar-refractivity contribution is -0.174. The quantitative estimate of drug-likeness (QED) is 0.712. The van der Waals surface area contributed by atoms with E-state index in [-0.39, 0.29) is 12.6 Å². The predicted molar refractivity (Wildman–Crippen MR) is 70.4 cm³/mol. The van der Waals surface area contributed by atoms with Gasteiger partial charge in [0, 0.05) is 19.3 Å². The van der Waals surface area contributed by atoms with Gasteiger partial charge in [0.05, 0.1) is 11.7 Å². The molecule has 116 valence electrons. The van der Waals surface area contributed by atoms with Gasteiger partial charge >= 0.3 is 6.18 Å². The van der Waals surface area contributed by atoms with Gasteiger partial charge in [0.15, 0.2) is 0 Å². The highest BCUT2D eigenvalue weighted by molar-refractivity contribution is 5.07. The standard InChI is InChI=1S/C13H22F3N3O/c1-3-7-17-11(6-9-20-10-13(14,15)16)12-5-8-18-19(12)4-2/h5,8,11,17H,3-4,6-7,9-10H2,1-2H3. The van der Waals surface area contributed by atoms with E-state index in [2.05, 4.69) is 15.2 Å². The van der Waals surface area contributed by atoms with Crippen molar-refractivity contribution >= 4 is 0 Å². The Morgan fingerprint density at radius 3 is 2.75 bits per heavy atom. The Kier molecular flexibility index (Phi) is 7.01. The summed E-state index contributed by atoms with van der Waals surface area (Å²) in [6.45, 7) is 4.43. The van der Waals surface area contributed by atoms with Crippen LogP contribution in [-0.4, -0.2) is 35.7 Å². The van der Waals surface area contributed by atoms with Crippen LogP contribution in [0.1, 0.15) is 38.4 Å². The molecule has 1 aromatic rings. The van der Waals surface area contributed by atoms with Gasteiger partial charge in [0.25, 0.3) is 0 Å². The van der Waals surface area contributed by atoms with Gasteiger partial charge in [-0.1, -0.05) is 6.92 Å². The monoisotopic (exact) mass is 293 g/mol. The van der Waals surface area contributed by atoms with Crippen molar-refractivity contribution in [2.45, 2.75) is 45.5 Å². The number of alkyl halides is 3. The summed E-state index contributed by atoms with van der Waals surface area (Å²) in [4.78, 5) is 0. The third-order valence-electron chi connectivity index (χ3n) is 2.86. The summed E-state index contributed by atoms with van der Waals surface area (Å²) in [6, 6.07) is 1.85. The minimum atomic E-state index is -4.27. The molecular formula is C13H22F3N3O. The third-order valence-corrected chi connectivity index (χ3v) is 2.86. The van der Waals surface area contributed by atoms with E-state index in [0.29, 0.717) is 6.42 Å². The number of nitrogens with zero attached hydrogens (tertiary/aromatic N) is 2. The molecule has 0 aliphatic rings. The smallest absolute Gasteiger partial charge is 0.372 e. The summed E-state index contributed by atoms with van der Waals surface area (Å²) in [5, 5.41) is 7.51. The van der Waals surface area contributed by atoms with Crippen LogP contribution in [0, 0.1) is 0 Å². The van der Waals surface area contributed by atoms with Gasteiger partial charge in [-0.3, -0.25) is 4.68 Å². The van der Waals surface area contributed by atoms with Crippen LogP contribution in [0.4, 0.5) is 13.2 Å². The molecule has 4 nitrogen and oxygen atoms in total. The van der Waals surface area contributed by atoms with Crippen LogP contribution in [0.25, 0.3) is 0 Å². The van der Waals surface area contributed by atoms with E-state index >= 15 is 0 Å². The Hall–Kier alpha value is -1.08. The SMILES string of the molecule is CCCNC(CCOCC(F)(F)F)c1ccnn1CC. The van der Waals surface area contributed by atoms with Crippen LogP contribution in [0.2, 0.25) is 0 Å². The molecule has 1 heterocycles. The topological polar surface area (TPSA) is 39.1 Å². The molecule has 7 heteroatoms. The fourth-order valence-corrected chi connectivity index (χ4v) is 1.97. The molecule has 20 heavy (non-hydrogen) atoms. The number of hydrogen-bond donors (Lipinski definition) is 1. The van der Waals surface area contributed by atoms with Crippen LogP contribution in [0.5, 0.6) is 0 Å². The van der Waals surface area contributed by atoms with Gasteiger partial charge in [-0.2, -0.15) is 18.3 Å². The molecular weight excluding hydrogens is 271 g/mol. The Morgan fingerprint density at radius 2 is 2.15 bits per heavy atom. The maximum atomic E-state index is 12.0. The van der Waals surface area contributed by atoms with Crippen LogP contribution in [0.15, 0.2) is 12.3 Å². The zero-order valence-corrected chi connectivity index (χ0v) is 11.9. The largest absolute Gasteiger partial charge is 0.411 e. The minimum Gasteiger partial charge on any atom is -0.372 e. The van der Waals surface area contributed by atoms with E-state index in [0.717, 1.165) is 25.2 Å². The summed E-state index contributed by atoms with van der Waals surface area (Å²) < 4.78 is 42.6. The number of hydrogen-bond acceptors (Lipinski definition) is 3. The highest BCUT2D eigenvalue weighted by Crippen LogP contribution is 2.18. The molecule has 0 amide bonds.